The van der Waals surface area contributed by atoms with Gasteiger partial charge >= 0.3 is 0 Å². The Kier molecular flexibility index (Phi) is 5.74. The van der Waals surface area contributed by atoms with Gasteiger partial charge in [0.05, 0.1) is 17.1 Å². The van der Waals surface area contributed by atoms with Crippen molar-refractivity contribution in [2.24, 2.45) is 5.92 Å². The molecule has 0 spiro atoms. The lowest BCUT2D eigenvalue weighted by atomic mass is 9.96. The van der Waals surface area contributed by atoms with E-state index in [-0.39, 0.29) is 18.4 Å². The lowest BCUT2D eigenvalue weighted by Gasteiger charge is -2.38. The van der Waals surface area contributed by atoms with Crippen molar-refractivity contribution in [2.45, 2.75) is 43.5 Å². The largest absolute Gasteiger partial charge is 0.342 e. The summed E-state index contributed by atoms with van der Waals surface area (Å²) < 4.78 is 29.5. The topological polar surface area (TPSA) is 75.5 Å². The Morgan fingerprint density at radius 1 is 1.07 bits per heavy atom. The van der Waals surface area contributed by atoms with E-state index in [2.05, 4.69) is 9.55 Å². The molecule has 0 aliphatic carbocycles. The fourth-order valence-electron chi connectivity index (χ4n) is 4.48. The van der Waals surface area contributed by atoms with Crippen molar-refractivity contribution in [1.82, 2.24) is 18.8 Å². The van der Waals surface area contributed by atoms with E-state index in [1.54, 1.807) is 30.3 Å². The van der Waals surface area contributed by atoms with E-state index >= 15 is 0 Å². The average Bonchev–Trinajstić information content (AvgIpc) is 3.20. The van der Waals surface area contributed by atoms with Crippen LogP contribution in [-0.4, -0.2) is 59.3 Å². The van der Waals surface area contributed by atoms with Gasteiger partial charge in [0.25, 0.3) is 0 Å². The van der Waals surface area contributed by atoms with Crippen LogP contribution < -0.4 is 0 Å². The third kappa shape index (κ3) is 4.09. The molecule has 2 saturated heterocycles. The molecule has 1 unspecified atom stereocenters. The van der Waals surface area contributed by atoms with E-state index in [9.17, 15) is 13.2 Å². The van der Waals surface area contributed by atoms with Crippen LogP contribution in [0.25, 0.3) is 0 Å². The van der Waals surface area contributed by atoms with E-state index in [0.717, 1.165) is 25.0 Å². The maximum absolute atomic E-state index is 13.1. The number of amides is 1. The lowest BCUT2D eigenvalue weighted by molar-refractivity contribution is -0.138. The van der Waals surface area contributed by atoms with Crippen molar-refractivity contribution in [2.75, 3.05) is 26.2 Å². The number of aromatic nitrogens is 2. The molecule has 29 heavy (non-hydrogen) atoms. The zero-order valence-corrected chi connectivity index (χ0v) is 17.6. The zero-order chi connectivity index (χ0) is 20.4. The molecule has 3 heterocycles. The smallest absolute Gasteiger partial charge is 0.243 e. The number of piperidine rings is 2. The molecule has 2 aromatic rings. The molecule has 2 aliphatic rings. The summed E-state index contributed by atoms with van der Waals surface area (Å²) in [4.78, 5) is 19.5. The Labute approximate surface area is 172 Å². The number of imidazole rings is 1. The van der Waals surface area contributed by atoms with Crippen molar-refractivity contribution in [3.05, 3.63) is 48.5 Å². The Morgan fingerprint density at radius 2 is 1.79 bits per heavy atom. The summed E-state index contributed by atoms with van der Waals surface area (Å²) in [6, 6.07) is 8.86. The van der Waals surface area contributed by atoms with Gasteiger partial charge in [0, 0.05) is 44.1 Å². The summed E-state index contributed by atoms with van der Waals surface area (Å²) in [6.07, 6.45) is 7.00. The van der Waals surface area contributed by atoms with Crippen LogP contribution in [0.3, 0.4) is 0 Å². The van der Waals surface area contributed by atoms with Crippen LogP contribution in [0.5, 0.6) is 0 Å². The third-order valence-corrected chi connectivity index (χ3v) is 8.02. The SMILES string of the molecule is Cc1cncn1C1CCN(C(=O)C2CCCN(S(=O)(=O)c3ccccc3)C2)CC1. The highest BCUT2D eigenvalue weighted by Crippen LogP contribution is 2.28. The molecule has 2 fully saturated rings. The highest BCUT2D eigenvalue weighted by molar-refractivity contribution is 7.89. The van der Waals surface area contributed by atoms with E-state index in [4.69, 9.17) is 0 Å². The van der Waals surface area contributed by atoms with Crippen LogP contribution in [0.15, 0.2) is 47.8 Å². The predicted molar refractivity (Wildman–Crippen MR) is 110 cm³/mol. The first-order valence-corrected chi connectivity index (χ1v) is 11.7. The van der Waals surface area contributed by atoms with Crippen molar-refractivity contribution in [3.63, 3.8) is 0 Å². The summed E-state index contributed by atoms with van der Waals surface area (Å²) in [5.41, 5.74) is 1.14. The number of sulfonamides is 1. The number of carbonyl (C=O) groups is 1. The van der Waals surface area contributed by atoms with Crippen LogP contribution in [0.4, 0.5) is 0 Å². The minimum atomic E-state index is -3.55. The van der Waals surface area contributed by atoms with Crippen molar-refractivity contribution in [3.8, 4) is 0 Å². The molecule has 2 aliphatic heterocycles. The number of carbonyl (C=O) groups excluding carboxylic acids is 1. The molecular formula is C21H28N4O3S. The Bertz CT molecular complexity index is 949. The molecule has 0 radical (unpaired) electrons. The molecule has 0 bridgehead atoms. The van der Waals surface area contributed by atoms with Gasteiger partial charge in [-0.25, -0.2) is 13.4 Å². The molecule has 1 atom stereocenters. The minimum absolute atomic E-state index is 0.0961. The number of hydrogen-bond donors (Lipinski definition) is 0. The summed E-state index contributed by atoms with van der Waals surface area (Å²) in [6.45, 7) is 4.22. The summed E-state index contributed by atoms with van der Waals surface area (Å²) in [5, 5.41) is 0. The monoisotopic (exact) mass is 416 g/mol. The fraction of sp³-hybridized carbons (Fsp3) is 0.524. The molecule has 8 heteroatoms. The van der Waals surface area contributed by atoms with Gasteiger partial charge in [-0.1, -0.05) is 18.2 Å². The Balaban J connectivity index is 1.39. The first-order chi connectivity index (χ1) is 14.0. The average molecular weight is 417 g/mol. The Hall–Kier alpha value is -2.19. The lowest BCUT2D eigenvalue weighted by Crippen LogP contribution is -2.48. The maximum atomic E-state index is 13.1. The van der Waals surface area contributed by atoms with Crippen LogP contribution >= 0.6 is 0 Å². The minimum Gasteiger partial charge on any atom is -0.342 e. The van der Waals surface area contributed by atoms with Crippen LogP contribution in [0.1, 0.15) is 37.4 Å². The van der Waals surface area contributed by atoms with Crippen LogP contribution in [-0.2, 0) is 14.8 Å². The second-order valence-electron chi connectivity index (χ2n) is 8.01. The number of nitrogens with zero attached hydrogens (tertiary/aromatic N) is 4. The zero-order valence-electron chi connectivity index (χ0n) is 16.8. The molecule has 1 amide bonds. The van der Waals surface area contributed by atoms with Crippen LogP contribution in [0, 0.1) is 12.8 Å². The molecule has 1 aromatic heterocycles. The van der Waals surface area contributed by atoms with Gasteiger partial charge in [-0.3, -0.25) is 4.79 Å². The maximum Gasteiger partial charge on any atom is 0.243 e. The van der Waals surface area contributed by atoms with Gasteiger partial charge in [0.2, 0.25) is 15.9 Å². The molecule has 0 N–H and O–H groups in total. The first kappa shape index (κ1) is 20.1. The fourth-order valence-corrected chi connectivity index (χ4v) is 6.02. The number of aryl methyl sites for hydroxylation is 1. The normalized spacial score (nSPS) is 22.0. The molecule has 1 aromatic carbocycles. The van der Waals surface area contributed by atoms with Crippen LogP contribution in [0.2, 0.25) is 0 Å². The van der Waals surface area contributed by atoms with Crippen molar-refractivity contribution in [1.29, 1.82) is 0 Å². The van der Waals surface area contributed by atoms with Gasteiger partial charge in [-0.15, -0.1) is 0 Å². The highest BCUT2D eigenvalue weighted by atomic mass is 32.2. The molecular weight excluding hydrogens is 388 g/mol. The van der Waals surface area contributed by atoms with Gasteiger partial charge < -0.3 is 9.47 Å². The summed E-state index contributed by atoms with van der Waals surface area (Å²) in [7, 11) is -3.55. The van der Waals surface area contributed by atoms with Gasteiger partial charge in [0.1, 0.15) is 0 Å². The number of likely N-dealkylation sites (tertiary alicyclic amines) is 1. The summed E-state index contributed by atoms with van der Waals surface area (Å²) >= 11 is 0. The standard InChI is InChI=1S/C21H28N4O3S/c1-17-14-22-16-25(17)19-9-12-23(13-10-19)21(26)18-6-5-11-24(15-18)29(27,28)20-7-3-2-4-8-20/h2-4,7-8,14,16,18-19H,5-6,9-13,15H2,1H3. The van der Waals surface area contributed by atoms with Gasteiger partial charge in [-0.2, -0.15) is 4.31 Å². The Morgan fingerprint density at radius 3 is 2.45 bits per heavy atom. The van der Waals surface area contributed by atoms with Crippen molar-refractivity contribution < 1.29 is 13.2 Å². The van der Waals surface area contributed by atoms with Crippen molar-refractivity contribution >= 4 is 15.9 Å². The first-order valence-electron chi connectivity index (χ1n) is 10.3. The molecule has 4 rings (SSSR count). The number of hydrogen-bond acceptors (Lipinski definition) is 4. The third-order valence-electron chi connectivity index (χ3n) is 6.14. The number of rotatable bonds is 4. The second-order valence-corrected chi connectivity index (χ2v) is 9.95. The van der Waals surface area contributed by atoms with Gasteiger partial charge in [0.15, 0.2) is 0 Å². The number of benzene rings is 1. The van der Waals surface area contributed by atoms with E-state index in [1.165, 1.54) is 4.31 Å². The predicted octanol–water partition coefficient (Wildman–Crippen LogP) is 2.46. The summed E-state index contributed by atoms with van der Waals surface area (Å²) in [5.74, 6) is -0.160. The molecule has 156 valence electrons. The molecule has 7 nitrogen and oxygen atoms in total. The quantitative estimate of drug-likeness (QED) is 0.767. The second kappa shape index (κ2) is 8.28. The highest BCUT2D eigenvalue weighted by Gasteiger charge is 2.36. The van der Waals surface area contributed by atoms with E-state index in [1.807, 2.05) is 24.3 Å². The molecule has 0 saturated carbocycles. The van der Waals surface area contributed by atoms with E-state index in [0.29, 0.717) is 37.0 Å². The van der Waals surface area contributed by atoms with Gasteiger partial charge in [-0.05, 0) is 44.7 Å². The van der Waals surface area contributed by atoms with E-state index < -0.39 is 10.0 Å².